The molecule has 2 aromatic carbocycles. The summed E-state index contributed by atoms with van der Waals surface area (Å²) in [6.45, 7) is 0. The Morgan fingerprint density at radius 3 is 2.61 bits per heavy atom. The number of benzene rings is 2. The highest BCUT2D eigenvalue weighted by atomic mass is 32.1. The van der Waals surface area contributed by atoms with Crippen LogP contribution in [-0.2, 0) is 0 Å². The molecule has 2 heterocycles. The van der Waals surface area contributed by atoms with Crippen LogP contribution in [0.1, 0.15) is 0 Å². The fourth-order valence-corrected chi connectivity index (χ4v) is 2.88. The van der Waals surface area contributed by atoms with E-state index in [1.807, 2.05) is 36.4 Å². The van der Waals surface area contributed by atoms with E-state index in [1.54, 1.807) is 0 Å². The van der Waals surface area contributed by atoms with E-state index >= 15 is 0 Å². The van der Waals surface area contributed by atoms with Crippen molar-refractivity contribution in [1.29, 1.82) is 0 Å². The molecule has 86 valence electrons. The van der Waals surface area contributed by atoms with Gasteiger partial charge in [0.05, 0.1) is 10.1 Å². The molecule has 0 aliphatic heterocycles. The van der Waals surface area contributed by atoms with Crippen LogP contribution in [0.2, 0.25) is 0 Å². The average Bonchev–Trinajstić information content (AvgIpc) is 3.01. The third kappa shape index (κ3) is 1.29. The minimum atomic E-state index is 0.753. The van der Waals surface area contributed by atoms with Gasteiger partial charge >= 0.3 is 0 Å². The first-order chi connectivity index (χ1) is 8.93. The zero-order chi connectivity index (χ0) is 11.9. The highest BCUT2D eigenvalue weighted by molar-refractivity contribution is 7.13. The molecule has 0 bridgehead atoms. The van der Waals surface area contributed by atoms with Gasteiger partial charge in [0.25, 0.3) is 0 Å². The molecule has 0 atom stereocenters. The molecule has 0 N–H and O–H groups in total. The molecular weight excluding hydrogens is 244 g/mol. The van der Waals surface area contributed by atoms with Crippen LogP contribution in [0.15, 0.2) is 53.1 Å². The van der Waals surface area contributed by atoms with Crippen LogP contribution in [0.3, 0.4) is 0 Å². The number of hydrogen-bond acceptors (Lipinski definition) is 4. The number of rotatable bonds is 1. The van der Waals surface area contributed by atoms with Crippen molar-refractivity contribution in [3.05, 3.63) is 48.5 Å². The molecule has 0 fully saturated rings. The molecule has 0 aliphatic carbocycles. The number of fused-ring (bicyclic) bond motifs is 2. The van der Waals surface area contributed by atoms with Crippen molar-refractivity contribution in [1.82, 2.24) is 9.53 Å². The molecule has 3 nitrogen and oxygen atoms in total. The van der Waals surface area contributed by atoms with Gasteiger partial charge in [0, 0.05) is 5.39 Å². The first kappa shape index (κ1) is 9.79. The van der Waals surface area contributed by atoms with Gasteiger partial charge in [-0.2, -0.15) is 4.37 Å². The third-order valence-electron chi connectivity index (χ3n) is 2.98. The lowest BCUT2D eigenvalue weighted by Crippen LogP contribution is -1.75. The first-order valence-corrected chi connectivity index (χ1v) is 6.40. The topological polar surface area (TPSA) is 38.9 Å². The summed E-state index contributed by atoms with van der Waals surface area (Å²) in [5.74, 6) is 0.753. The summed E-state index contributed by atoms with van der Waals surface area (Å²) in [6, 6.07) is 16.0. The molecular formula is C14H8N2OS. The largest absolute Gasteiger partial charge is 0.353 e. The lowest BCUT2D eigenvalue weighted by atomic mass is 10.1. The summed E-state index contributed by atoms with van der Waals surface area (Å²) < 4.78 is 11.1. The van der Waals surface area contributed by atoms with E-state index in [9.17, 15) is 0 Å². The molecule has 4 aromatic rings. The van der Waals surface area contributed by atoms with Crippen molar-refractivity contribution in [3.8, 4) is 11.5 Å². The van der Waals surface area contributed by atoms with Gasteiger partial charge in [-0.15, -0.1) is 0 Å². The van der Waals surface area contributed by atoms with Gasteiger partial charge in [0.2, 0.25) is 0 Å². The van der Waals surface area contributed by atoms with Crippen molar-refractivity contribution in [3.63, 3.8) is 0 Å². The Kier molecular flexibility index (Phi) is 1.98. The summed E-state index contributed by atoms with van der Waals surface area (Å²) in [5, 5.41) is 6.19. The first-order valence-electron chi connectivity index (χ1n) is 5.63. The standard InChI is InChI=1S/C14H8N2OS/c1-3-7-11-9(5-1)14(17-15-11)13-10-6-2-4-8-12(10)18-16-13/h1-8H. The zero-order valence-electron chi connectivity index (χ0n) is 9.33. The van der Waals surface area contributed by atoms with Gasteiger partial charge in [-0.3, -0.25) is 0 Å². The van der Waals surface area contributed by atoms with Crippen molar-refractivity contribution in [2.24, 2.45) is 0 Å². The van der Waals surface area contributed by atoms with E-state index in [0.717, 1.165) is 32.4 Å². The van der Waals surface area contributed by atoms with Gasteiger partial charge < -0.3 is 4.52 Å². The van der Waals surface area contributed by atoms with Gasteiger partial charge in [-0.05, 0) is 29.7 Å². The second-order valence-electron chi connectivity index (χ2n) is 4.06. The van der Waals surface area contributed by atoms with Crippen LogP contribution < -0.4 is 0 Å². The summed E-state index contributed by atoms with van der Waals surface area (Å²) in [4.78, 5) is 0. The Bertz CT molecular complexity index is 775. The predicted octanol–water partition coefficient (Wildman–Crippen LogP) is 4.10. The second-order valence-corrected chi connectivity index (χ2v) is 4.86. The molecule has 0 saturated heterocycles. The Hall–Kier alpha value is -2.20. The fourth-order valence-electron chi connectivity index (χ4n) is 2.11. The molecule has 0 aliphatic rings. The van der Waals surface area contributed by atoms with Gasteiger partial charge in [0.1, 0.15) is 11.2 Å². The Morgan fingerprint density at radius 1 is 0.889 bits per heavy atom. The lowest BCUT2D eigenvalue weighted by molar-refractivity contribution is 0.440. The van der Waals surface area contributed by atoms with Gasteiger partial charge in [-0.1, -0.05) is 35.5 Å². The van der Waals surface area contributed by atoms with Crippen LogP contribution in [0.25, 0.3) is 32.4 Å². The van der Waals surface area contributed by atoms with E-state index in [2.05, 4.69) is 21.7 Å². The quantitative estimate of drug-likeness (QED) is 0.512. The lowest BCUT2D eigenvalue weighted by Gasteiger charge is -1.92. The summed E-state index contributed by atoms with van der Waals surface area (Å²) in [5.41, 5.74) is 1.74. The second kappa shape index (κ2) is 3.65. The summed E-state index contributed by atoms with van der Waals surface area (Å²) >= 11 is 1.48. The van der Waals surface area contributed by atoms with Crippen LogP contribution >= 0.6 is 11.5 Å². The van der Waals surface area contributed by atoms with E-state index < -0.39 is 0 Å². The monoisotopic (exact) mass is 252 g/mol. The van der Waals surface area contributed by atoms with Crippen LogP contribution in [0.4, 0.5) is 0 Å². The highest BCUT2D eigenvalue weighted by Crippen LogP contribution is 2.34. The molecule has 0 saturated carbocycles. The van der Waals surface area contributed by atoms with Crippen LogP contribution in [0, 0.1) is 0 Å². The van der Waals surface area contributed by atoms with Crippen LogP contribution in [0.5, 0.6) is 0 Å². The van der Waals surface area contributed by atoms with E-state index in [-0.39, 0.29) is 0 Å². The maximum atomic E-state index is 5.46. The molecule has 4 rings (SSSR count). The minimum Gasteiger partial charge on any atom is -0.353 e. The van der Waals surface area contributed by atoms with Crippen molar-refractivity contribution in [2.75, 3.05) is 0 Å². The molecule has 0 amide bonds. The van der Waals surface area contributed by atoms with Crippen molar-refractivity contribution >= 4 is 32.5 Å². The van der Waals surface area contributed by atoms with Crippen molar-refractivity contribution < 1.29 is 4.52 Å². The Labute approximate surface area is 107 Å². The smallest absolute Gasteiger partial charge is 0.194 e. The Balaban J connectivity index is 2.08. The third-order valence-corrected chi connectivity index (χ3v) is 3.80. The van der Waals surface area contributed by atoms with E-state index in [0.29, 0.717) is 0 Å². The minimum absolute atomic E-state index is 0.753. The SMILES string of the molecule is c1ccc2c(-c3nsc4ccccc34)onc2c1. The number of nitrogens with zero attached hydrogens (tertiary/aromatic N) is 2. The maximum Gasteiger partial charge on any atom is 0.194 e. The molecule has 2 aromatic heterocycles. The summed E-state index contributed by atoms with van der Waals surface area (Å²) in [6.07, 6.45) is 0. The maximum absolute atomic E-state index is 5.46. The predicted molar refractivity (Wildman–Crippen MR) is 72.6 cm³/mol. The van der Waals surface area contributed by atoms with Gasteiger partial charge in [0.15, 0.2) is 5.76 Å². The van der Waals surface area contributed by atoms with E-state index in [4.69, 9.17) is 4.52 Å². The van der Waals surface area contributed by atoms with E-state index in [1.165, 1.54) is 11.5 Å². The molecule has 0 unspecified atom stereocenters. The average molecular weight is 252 g/mol. The molecule has 0 radical (unpaired) electrons. The number of hydrogen-bond donors (Lipinski definition) is 0. The fraction of sp³-hybridized carbons (Fsp3) is 0. The highest BCUT2D eigenvalue weighted by Gasteiger charge is 2.15. The number of aromatic nitrogens is 2. The summed E-state index contributed by atoms with van der Waals surface area (Å²) in [7, 11) is 0. The normalized spacial score (nSPS) is 11.3. The van der Waals surface area contributed by atoms with Crippen molar-refractivity contribution in [2.45, 2.75) is 0 Å². The Morgan fingerprint density at radius 2 is 1.67 bits per heavy atom. The zero-order valence-corrected chi connectivity index (χ0v) is 10.1. The van der Waals surface area contributed by atoms with Gasteiger partial charge in [-0.25, -0.2) is 0 Å². The molecule has 18 heavy (non-hydrogen) atoms. The van der Waals surface area contributed by atoms with Crippen LogP contribution in [-0.4, -0.2) is 9.53 Å². The molecule has 4 heteroatoms. The molecule has 0 spiro atoms.